The summed E-state index contributed by atoms with van der Waals surface area (Å²) in [5.74, 6) is 1.16. The smallest absolute Gasteiger partial charge is 0.165 e. The van der Waals surface area contributed by atoms with Crippen molar-refractivity contribution in [1.82, 2.24) is 19.7 Å². The van der Waals surface area contributed by atoms with Crippen LogP contribution in [0, 0.1) is 6.92 Å². The Morgan fingerprint density at radius 1 is 1.39 bits per heavy atom. The van der Waals surface area contributed by atoms with Crippen molar-refractivity contribution in [3.63, 3.8) is 0 Å². The summed E-state index contributed by atoms with van der Waals surface area (Å²) in [5.41, 5.74) is 9.73. The number of nitrogens with zero attached hydrogens (tertiary/aromatic N) is 4. The summed E-state index contributed by atoms with van der Waals surface area (Å²) in [6.07, 6.45) is 2.70. The van der Waals surface area contributed by atoms with Gasteiger partial charge in [-0.25, -0.2) is 9.97 Å². The number of rotatable bonds is 1. The van der Waals surface area contributed by atoms with Crippen molar-refractivity contribution >= 4 is 5.82 Å². The molecule has 0 bridgehead atoms. The van der Waals surface area contributed by atoms with E-state index in [1.54, 1.807) is 4.68 Å². The van der Waals surface area contributed by atoms with Gasteiger partial charge in [0.15, 0.2) is 5.82 Å². The number of ether oxygens (including phenoxy) is 1. The van der Waals surface area contributed by atoms with E-state index in [1.807, 2.05) is 20.2 Å². The molecule has 1 aliphatic heterocycles. The van der Waals surface area contributed by atoms with Gasteiger partial charge in [-0.1, -0.05) is 0 Å². The van der Waals surface area contributed by atoms with Crippen LogP contribution in [0.2, 0.25) is 0 Å². The number of aromatic nitrogens is 4. The van der Waals surface area contributed by atoms with Crippen LogP contribution in [0.1, 0.15) is 17.0 Å². The molecular weight excluding hydrogens is 230 g/mol. The van der Waals surface area contributed by atoms with Gasteiger partial charge in [-0.05, 0) is 6.92 Å². The zero-order valence-corrected chi connectivity index (χ0v) is 10.5. The van der Waals surface area contributed by atoms with Crippen molar-refractivity contribution in [1.29, 1.82) is 0 Å². The third-order valence-electron chi connectivity index (χ3n) is 3.11. The first-order chi connectivity index (χ1) is 8.65. The first-order valence-corrected chi connectivity index (χ1v) is 5.89. The van der Waals surface area contributed by atoms with Crippen LogP contribution in [0.25, 0.3) is 11.4 Å². The van der Waals surface area contributed by atoms with Crippen LogP contribution < -0.4 is 5.73 Å². The second-order valence-electron chi connectivity index (χ2n) is 4.46. The van der Waals surface area contributed by atoms with E-state index in [4.69, 9.17) is 10.5 Å². The molecule has 2 aromatic heterocycles. The van der Waals surface area contributed by atoms with E-state index in [-0.39, 0.29) is 0 Å². The Morgan fingerprint density at radius 3 is 2.94 bits per heavy atom. The second-order valence-corrected chi connectivity index (χ2v) is 4.46. The molecule has 18 heavy (non-hydrogen) atoms. The number of hydrogen-bond donors (Lipinski definition) is 1. The van der Waals surface area contributed by atoms with Gasteiger partial charge in [-0.3, -0.25) is 4.68 Å². The standard InChI is InChI=1S/C12H15N5O/c1-7-8(5-17(2)16-7)12-14-10-3-4-18-6-9(10)11(13)15-12/h5H,3-4,6H2,1-2H3,(H2,13,14,15). The van der Waals surface area contributed by atoms with Crippen molar-refractivity contribution in [2.45, 2.75) is 20.0 Å². The molecule has 0 atom stereocenters. The number of nitrogens with two attached hydrogens (primary N) is 1. The topological polar surface area (TPSA) is 78.9 Å². The average molecular weight is 245 g/mol. The van der Waals surface area contributed by atoms with E-state index in [0.29, 0.717) is 24.9 Å². The largest absolute Gasteiger partial charge is 0.383 e. The number of hydrogen-bond acceptors (Lipinski definition) is 5. The van der Waals surface area contributed by atoms with Gasteiger partial charge in [-0.2, -0.15) is 5.10 Å². The molecule has 0 aromatic carbocycles. The van der Waals surface area contributed by atoms with Gasteiger partial charge in [0.2, 0.25) is 0 Å². The number of fused-ring (bicyclic) bond motifs is 1. The van der Waals surface area contributed by atoms with E-state index >= 15 is 0 Å². The van der Waals surface area contributed by atoms with Crippen LogP contribution in [0.4, 0.5) is 5.82 Å². The summed E-state index contributed by atoms with van der Waals surface area (Å²) >= 11 is 0. The van der Waals surface area contributed by atoms with Crippen LogP contribution in [0.15, 0.2) is 6.20 Å². The van der Waals surface area contributed by atoms with E-state index in [9.17, 15) is 0 Å². The predicted octanol–water partition coefficient (Wildman–Crippen LogP) is 0.840. The lowest BCUT2D eigenvalue weighted by molar-refractivity contribution is 0.109. The Balaban J connectivity index is 2.13. The first kappa shape index (κ1) is 11.2. The van der Waals surface area contributed by atoms with Crippen molar-refractivity contribution in [2.24, 2.45) is 7.05 Å². The molecule has 0 radical (unpaired) electrons. The molecule has 6 heteroatoms. The third-order valence-corrected chi connectivity index (χ3v) is 3.11. The molecule has 3 rings (SSSR count). The SMILES string of the molecule is Cc1nn(C)cc1-c1nc(N)c2c(n1)CCOC2. The summed E-state index contributed by atoms with van der Waals surface area (Å²) in [5, 5.41) is 4.30. The monoisotopic (exact) mass is 245 g/mol. The summed E-state index contributed by atoms with van der Waals surface area (Å²) in [6.45, 7) is 3.14. The lowest BCUT2D eigenvalue weighted by atomic mass is 10.1. The lowest BCUT2D eigenvalue weighted by Crippen LogP contribution is -2.16. The fourth-order valence-corrected chi connectivity index (χ4v) is 2.20. The minimum absolute atomic E-state index is 0.507. The predicted molar refractivity (Wildman–Crippen MR) is 66.7 cm³/mol. The highest BCUT2D eigenvalue weighted by Crippen LogP contribution is 2.25. The summed E-state index contributed by atoms with van der Waals surface area (Å²) in [7, 11) is 1.88. The molecular formula is C12H15N5O. The van der Waals surface area contributed by atoms with Crippen molar-refractivity contribution < 1.29 is 4.74 Å². The molecule has 94 valence electrons. The maximum absolute atomic E-state index is 5.98. The van der Waals surface area contributed by atoms with E-state index < -0.39 is 0 Å². The van der Waals surface area contributed by atoms with Crippen molar-refractivity contribution in [3.8, 4) is 11.4 Å². The van der Waals surface area contributed by atoms with Crippen LogP contribution in [0.3, 0.4) is 0 Å². The second kappa shape index (κ2) is 4.06. The fraction of sp³-hybridized carbons (Fsp3) is 0.417. The Kier molecular flexibility index (Phi) is 2.52. The van der Waals surface area contributed by atoms with Crippen LogP contribution in [-0.4, -0.2) is 26.4 Å². The zero-order chi connectivity index (χ0) is 12.7. The molecule has 0 saturated heterocycles. The Morgan fingerprint density at radius 2 is 2.22 bits per heavy atom. The van der Waals surface area contributed by atoms with Crippen LogP contribution >= 0.6 is 0 Å². The van der Waals surface area contributed by atoms with Gasteiger partial charge in [0.1, 0.15) is 5.82 Å². The van der Waals surface area contributed by atoms with Crippen LogP contribution in [-0.2, 0) is 24.8 Å². The quantitative estimate of drug-likeness (QED) is 0.805. The van der Waals surface area contributed by atoms with Gasteiger partial charge in [0.25, 0.3) is 0 Å². The molecule has 1 aliphatic rings. The summed E-state index contributed by atoms with van der Waals surface area (Å²) in [6, 6.07) is 0. The zero-order valence-electron chi connectivity index (χ0n) is 10.5. The number of anilines is 1. The number of nitrogen functional groups attached to an aromatic ring is 1. The molecule has 0 unspecified atom stereocenters. The molecule has 0 saturated carbocycles. The Hall–Kier alpha value is -1.95. The number of aryl methyl sites for hydroxylation is 2. The Bertz CT molecular complexity index is 605. The minimum Gasteiger partial charge on any atom is -0.383 e. The molecule has 2 aromatic rings. The van der Waals surface area contributed by atoms with E-state index in [2.05, 4.69) is 15.1 Å². The molecule has 0 fully saturated rings. The highest BCUT2D eigenvalue weighted by molar-refractivity contribution is 5.60. The maximum Gasteiger partial charge on any atom is 0.165 e. The van der Waals surface area contributed by atoms with Crippen molar-refractivity contribution in [2.75, 3.05) is 12.3 Å². The molecule has 0 amide bonds. The highest BCUT2D eigenvalue weighted by atomic mass is 16.5. The van der Waals surface area contributed by atoms with E-state index in [0.717, 1.165) is 28.9 Å². The van der Waals surface area contributed by atoms with Gasteiger partial charge in [0.05, 0.1) is 30.2 Å². The molecule has 6 nitrogen and oxygen atoms in total. The Labute approximate surface area is 105 Å². The first-order valence-electron chi connectivity index (χ1n) is 5.89. The van der Waals surface area contributed by atoms with E-state index in [1.165, 1.54) is 0 Å². The molecule has 2 N–H and O–H groups in total. The lowest BCUT2D eigenvalue weighted by Gasteiger charge is -2.17. The molecule has 0 aliphatic carbocycles. The molecule has 3 heterocycles. The van der Waals surface area contributed by atoms with Gasteiger partial charge < -0.3 is 10.5 Å². The normalized spacial score (nSPS) is 14.6. The van der Waals surface area contributed by atoms with Gasteiger partial charge >= 0.3 is 0 Å². The fourth-order valence-electron chi connectivity index (χ4n) is 2.20. The summed E-state index contributed by atoms with van der Waals surface area (Å²) in [4.78, 5) is 8.96. The van der Waals surface area contributed by atoms with Gasteiger partial charge in [0, 0.05) is 25.2 Å². The minimum atomic E-state index is 0.507. The average Bonchev–Trinajstić information content (AvgIpc) is 2.68. The summed E-state index contributed by atoms with van der Waals surface area (Å²) < 4.78 is 7.13. The third kappa shape index (κ3) is 1.74. The molecule has 0 spiro atoms. The van der Waals surface area contributed by atoms with Crippen molar-refractivity contribution in [3.05, 3.63) is 23.1 Å². The van der Waals surface area contributed by atoms with Gasteiger partial charge in [-0.15, -0.1) is 0 Å². The highest BCUT2D eigenvalue weighted by Gasteiger charge is 2.18. The maximum atomic E-state index is 5.98. The van der Waals surface area contributed by atoms with Crippen LogP contribution in [0.5, 0.6) is 0 Å².